The average Bonchev–Trinajstić information content (AvgIpc) is 3.34. The van der Waals surface area contributed by atoms with Crippen molar-refractivity contribution in [1.82, 2.24) is 29.5 Å². The number of anilines is 1. The van der Waals surface area contributed by atoms with Crippen LogP contribution in [0.15, 0.2) is 96.4 Å². The molecule has 11 heteroatoms. The zero-order valence-corrected chi connectivity index (χ0v) is 20.7. The van der Waals surface area contributed by atoms with E-state index >= 15 is 0 Å². The lowest BCUT2D eigenvalue weighted by Crippen LogP contribution is -2.34. The fourth-order valence-corrected chi connectivity index (χ4v) is 4.18. The van der Waals surface area contributed by atoms with Crippen LogP contribution in [0.2, 0.25) is 10.2 Å². The van der Waals surface area contributed by atoms with E-state index in [0.29, 0.717) is 34.1 Å². The Labute approximate surface area is 221 Å². The molecule has 0 unspecified atom stereocenters. The number of amides is 1. The van der Waals surface area contributed by atoms with Gasteiger partial charge in [-0.05, 0) is 35.9 Å². The molecule has 0 spiro atoms. The van der Waals surface area contributed by atoms with Crippen molar-refractivity contribution < 1.29 is 4.79 Å². The zero-order chi connectivity index (χ0) is 25.8. The van der Waals surface area contributed by atoms with Gasteiger partial charge in [0, 0.05) is 41.2 Å². The van der Waals surface area contributed by atoms with Gasteiger partial charge in [0.25, 0.3) is 5.56 Å². The van der Waals surface area contributed by atoms with Gasteiger partial charge in [0.1, 0.15) is 6.04 Å². The molecule has 0 fully saturated rings. The van der Waals surface area contributed by atoms with Crippen LogP contribution in [-0.4, -0.2) is 35.4 Å². The molecule has 5 aromatic rings. The van der Waals surface area contributed by atoms with Crippen molar-refractivity contribution >= 4 is 34.8 Å². The summed E-state index contributed by atoms with van der Waals surface area (Å²) in [5.41, 5.74) is 2.57. The van der Waals surface area contributed by atoms with Gasteiger partial charge in [0.15, 0.2) is 5.15 Å². The molecular formula is C26H19Cl2N7O2. The van der Waals surface area contributed by atoms with Gasteiger partial charge in [-0.3, -0.25) is 19.1 Å². The molecule has 37 heavy (non-hydrogen) atoms. The molecule has 1 amide bonds. The number of carbonyl (C=O) groups is 1. The number of hydrogen-bond donors (Lipinski definition) is 1. The number of halogens is 2. The van der Waals surface area contributed by atoms with Crippen LogP contribution in [0.5, 0.6) is 0 Å². The summed E-state index contributed by atoms with van der Waals surface area (Å²) >= 11 is 12.2. The van der Waals surface area contributed by atoms with E-state index in [-0.39, 0.29) is 11.1 Å². The Hall–Kier alpha value is -4.34. The molecule has 0 aliphatic rings. The maximum Gasteiger partial charge on any atom is 0.254 e. The second-order valence-electron chi connectivity index (χ2n) is 8.10. The van der Waals surface area contributed by atoms with Gasteiger partial charge in [-0.25, -0.2) is 9.67 Å². The Kier molecular flexibility index (Phi) is 7.07. The van der Waals surface area contributed by atoms with Crippen molar-refractivity contribution in [2.45, 2.75) is 12.5 Å². The quantitative estimate of drug-likeness (QED) is 0.328. The van der Waals surface area contributed by atoms with Crippen molar-refractivity contribution in [2.75, 3.05) is 5.32 Å². The summed E-state index contributed by atoms with van der Waals surface area (Å²) in [7, 11) is 0. The molecular weight excluding hydrogens is 513 g/mol. The van der Waals surface area contributed by atoms with Gasteiger partial charge in [-0.1, -0.05) is 58.7 Å². The molecule has 1 atom stereocenters. The number of nitrogens with one attached hydrogen (secondary N) is 1. The highest BCUT2D eigenvalue weighted by atomic mass is 35.5. The topological polar surface area (TPSA) is 108 Å². The number of carbonyl (C=O) groups excluding carboxylic acids is 1. The SMILES string of the molecule is O=C(Nc1ccncc1)[C@H](Cc1ccccc1)n1cnc(-c2cc(Cl)ccc2-n2cc(Cl)nn2)cc1=O. The summed E-state index contributed by atoms with van der Waals surface area (Å²) in [5, 5.41) is 11.3. The van der Waals surface area contributed by atoms with Crippen LogP contribution < -0.4 is 10.9 Å². The number of aromatic nitrogens is 6. The maximum atomic E-state index is 13.4. The molecule has 3 heterocycles. The standard InChI is InChI=1S/C26H19Cl2N7O2/c27-18-6-7-22(35-15-24(28)32-33-35)20(13-18)21-14-25(36)34(16-30-21)23(12-17-4-2-1-3-5-17)26(37)31-19-8-10-29-11-9-19/h1-11,13-16,23H,12H2,(H,29,31,37)/t23-/m0/s1. The normalized spacial score (nSPS) is 11.7. The van der Waals surface area contributed by atoms with Crippen LogP contribution >= 0.6 is 23.2 Å². The highest BCUT2D eigenvalue weighted by Gasteiger charge is 2.23. The molecule has 0 saturated carbocycles. The second kappa shape index (κ2) is 10.7. The lowest BCUT2D eigenvalue weighted by Gasteiger charge is -2.20. The molecule has 0 aliphatic heterocycles. The van der Waals surface area contributed by atoms with Gasteiger partial charge in [0.2, 0.25) is 5.91 Å². The van der Waals surface area contributed by atoms with Crippen molar-refractivity contribution in [3.63, 3.8) is 0 Å². The number of nitrogens with zero attached hydrogens (tertiary/aromatic N) is 6. The number of rotatable bonds is 7. The van der Waals surface area contributed by atoms with Crippen molar-refractivity contribution in [2.24, 2.45) is 0 Å². The molecule has 184 valence electrons. The Morgan fingerprint density at radius 2 is 1.78 bits per heavy atom. The van der Waals surface area contributed by atoms with Crippen molar-refractivity contribution in [3.05, 3.63) is 118 Å². The van der Waals surface area contributed by atoms with E-state index in [1.807, 2.05) is 30.3 Å². The molecule has 0 radical (unpaired) electrons. The van der Waals surface area contributed by atoms with Gasteiger partial charge in [-0.15, -0.1) is 5.10 Å². The summed E-state index contributed by atoms with van der Waals surface area (Å²) in [6.45, 7) is 0. The monoisotopic (exact) mass is 531 g/mol. The lowest BCUT2D eigenvalue weighted by molar-refractivity contribution is -0.119. The third-order valence-electron chi connectivity index (χ3n) is 5.64. The Balaban J connectivity index is 1.53. The fraction of sp³-hybridized carbons (Fsp3) is 0.0769. The Morgan fingerprint density at radius 1 is 1.00 bits per heavy atom. The first kappa shape index (κ1) is 24.4. The third kappa shape index (κ3) is 5.58. The Bertz CT molecular complexity index is 1600. The summed E-state index contributed by atoms with van der Waals surface area (Å²) in [4.78, 5) is 35.2. The summed E-state index contributed by atoms with van der Waals surface area (Å²) in [6, 6.07) is 18.4. The number of pyridine rings is 1. The van der Waals surface area contributed by atoms with E-state index in [1.54, 1.807) is 42.7 Å². The van der Waals surface area contributed by atoms with Crippen LogP contribution in [0.4, 0.5) is 5.69 Å². The van der Waals surface area contributed by atoms with Crippen LogP contribution in [0, 0.1) is 0 Å². The smallest absolute Gasteiger partial charge is 0.254 e. The first-order valence-electron chi connectivity index (χ1n) is 11.2. The van der Waals surface area contributed by atoms with Gasteiger partial charge >= 0.3 is 0 Å². The summed E-state index contributed by atoms with van der Waals surface area (Å²) in [5.74, 6) is -0.354. The van der Waals surface area contributed by atoms with Gasteiger partial charge < -0.3 is 5.32 Å². The lowest BCUT2D eigenvalue weighted by atomic mass is 10.0. The molecule has 0 saturated heterocycles. The second-order valence-corrected chi connectivity index (χ2v) is 8.92. The minimum atomic E-state index is -0.849. The van der Waals surface area contributed by atoms with Crippen LogP contribution in [0.25, 0.3) is 16.9 Å². The predicted octanol–water partition coefficient (Wildman–Crippen LogP) is 4.62. The molecule has 0 aliphatic carbocycles. The molecule has 3 aromatic heterocycles. The van der Waals surface area contributed by atoms with Crippen LogP contribution in [-0.2, 0) is 11.2 Å². The van der Waals surface area contributed by atoms with Gasteiger partial charge in [-0.2, -0.15) is 0 Å². The van der Waals surface area contributed by atoms with E-state index in [4.69, 9.17) is 23.2 Å². The average molecular weight is 532 g/mol. The van der Waals surface area contributed by atoms with E-state index in [1.165, 1.54) is 27.8 Å². The highest BCUT2D eigenvalue weighted by molar-refractivity contribution is 6.31. The number of benzene rings is 2. The minimum Gasteiger partial charge on any atom is -0.324 e. The van der Waals surface area contributed by atoms with Crippen molar-refractivity contribution in [3.8, 4) is 16.9 Å². The minimum absolute atomic E-state index is 0.216. The van der Waals surface area contributed by atoms with E-state index < -0.39 is 11.6 Å². The summed E-state index contributed by atoms with van der Waals surface area (Å²) < 4.78 is 2.80. The van der Waals surface area contributed by atoms with Gasteiger partial charge in [0.05, 0.1) is 23.9 Å². The first-order valence-corrected chi connectivity index (χ1v) is 11.9. The maximum absolute atomic E-state index is 13.4. The Morgan fingerprint density at radius 3 is 2.49 bits per heavy atom. The largest absolute Gasteiger partial charge is 0.324 e. The molecule has 5 rings (SSSR count). The van der Waals surface area contributed by atoms with E-state index in [2.05, 4.69) is 25.6 Å². The van der Waals surface area contributed by atoms with E-state index in [9.17, 15) is 9.59 Å². The van der Waals surface area contributed by atoms with Crippen LogP contribution in [0.1, 0.15) is 11.6 Å². The molecule has 0 bridgehead atoms. The third-order valence-corrected chi connectivity index (χ3v) is 6.05. The molecule has 1 N–H and O–H groups in total. The first-order chi connectivity index (χ1) is 18.0. The van der Waals surface area contributed by atoms with Crippen LogP contribution in [0.3, 0.4) is 0 Å². The predicted molar refractivity (Wildman–Crippen MR) is 141 cm³/mol. The zero-order valence-electron chi connectivity index (χ0n) is 19.2. The number of hydrogen-bond acceptors (Lipinski definition) is 6. The molecule has 2 aromatic carbocycles. The van der Waals surface area contributed by atoms with Crippen molar-refractivity contribution in [1.29, 1.82) is 0 Å². The summed E-state index contributed by atoms with van der Waals surface area (Å²) in [6.07, 6.45) is 6.36. The molecule has 9 nitrogen and oxygen atoms in total. The van der Waals surface area contributed by atoms with E-state index in [0.717, 1.165) is 5.56 Å². The fourth-order valence-electron chi connectivity index (χ4n) is 3.88. The highest BCUT2D eigenvalue weighted by Crippen LogP contribution is 2.28.